The first kappa shape index (κ1) is 26.8. The lowest BCUT2D eigenvalue weighted by Gasteiger charge is -2.28. The van der Waals surface area contributed by atoms with Crippen LogP contribution >= 0.6 is 0 Å². The van der Waals surface area contributed by atoms with Gasteiger partial charge in [0.2, 0.25) is 5.89 Å². The zero-order valence-corrected chi connectivity index (χ0v) is 21.9. The Hall–Kier alpha value is -3.28. The van der Waals surface area contributed by atoms with Gasteiger partial charge in [-0.2, -0.15) is 0 Å². The minimum Gasteiger partial charge on any atom is -0.441 e. The number of hydroxylamine groups is 1. The van der Waals surface area contributed by atoms with Crippen LogP contribution in [-0.2, 0) is 30.8 Å². The summed E-state index contributed by atoms with van der Waals surface area (Å²) in [6.07, 6.45) is 5.94. The summed E-state index contributed by atoms with van der Waals surface area (Å²) in [7, 11) is -3.84. The number of amides is 1. The van der Waals surface area contributed by atoms with Crippen LogP contribution in [0.2, 0.25) is 0 Å². The number of aryl methyl sites for hydroxylation is 2. The molecule has 1 fully saturated rings. The Balaban J connectivity index is 1.44. The molecule has 10 nitrogen and oxygen atoms in total. The van der Waals surface area contributed by atoms with Gasteiger partial charge in [-0.15, -0.1) is 0 Å². The van der Waals surface area contributed by atoms with Crippen molar-refractivity contribution in [1.29, 1.82) is 0 Å². The van der Waals surface area contributed by atoms with Gasteiger partial charge in [-0.1, -0.05) is 12.1 Å². The molecule has 1 N–H and O–H groups in total. The van der Waals surface area contributed by atoms with Crippen LogP contribution in [0.25, 0.3) is 22.6 Å². The van der Waals surface area contributed by atoms with Gasteiger partial charge >= 0.3 is 0 Å². The van der Waals surface area contributed by atoms with E-state index >= 15 is 0 Å². The fraction of sp³-hybridized carbons (Fsp3) is 0.423. The standard InChI is InChI=1S/C26H31N3O7S/c1-18-17-27-24(35-18)20-9-7-19(8-10-20)21-11-13-29(22(30)16-21)14-12-26(2,37(3,32)33)25(31)28-36-23-6-4-5-15-34-23/h7-11,13,16-17,23H,4-6,12,14-15H2,1-3H3,(H,28,31)/t23?,26-/m1/s1. The van der Waals surface area contributed by atoms with E-state index in [0.29, 0.717) is 24.5 Å². The highest BCUT2D eigenvalue weighted by molar-refractivity contribution is 7.92. The Morgan fingerprint density at radius 1 is 1.19 bits per heavy atom. The number of benzene rings is 1. The minimum atomic E-state index is -3.84. The van der Waals surface area contributed by atoms with E-state index in [1.807, 2.05) is 31.2 Å². The van der Waals surface area contributed by atoms with Crippen molar-refractivity contribution in [1.82, 2.24) is 15.0 Å². The summed E-state index contributed by atoms with van der Waals surface area (Å²) in [5.74, 6) is 0.446. The first-order valence-electron chi connectivity index (χ1n) is 12.1. The molecule has 11 heteroatoms. The van der Waals surface area contributed by atoms with Gasteiger partial charge in [0, 0.05) is 43.7 Å². The average molecular weight is 530 g/mol. The van der Waals surface area contributed by atoms with Crippen LogP contribution in [0.4, 0.5) is 0 Å². The van der Waals surface area contributed by atoms with Crippen LogP contribution in [0.15, 0.2) is 58.0 Å². The Bertz CT molecular complexity index is 1410. The quantitative estimate of drug-likeness (QED) is 0.418. The van der Waals surface area contributed by atoms with Gasteiger partial charge in [-0.3, -0.25) is 9.59 Å². The lowest BCUT2D eigenvalue weighted by molar-refractivity contribution is -0.201. The number of oxazole rings is 1. The molecule has 0 aliphatic carbocycles. The van der Waals surface area contributed by atoms with Crippen molar-refractivity contribution >= 4 is 15.7 Å². The number of nitrogens with one attached hydrogen (secondary N) is 1. The van der Waals surface area contributed by atoms with Crippen molar-refractivity contribution in [2.75, 3.05) is 12.9 Å². The average Bonchev–Trinajstić information content (AvgIpc) is 3.32. The molecule has 0 radical (unpaired) electrons. The first-order valence-corrected chi connectivity index (χ1v) is 14.0. The van der Waals surface area contributed by atoms with Gasteiger partial charge in [0.1, 0.15) is 5.76 Å². The first-order chi connectivity index (χ1) is 17.6. The van der Waals surface area contributed by atoms with Crippen molar-refractivity contribution in [3.8, 4) is 22.6 Å². The summed E-state index contributed by atoms with van der Waals surface area (Å²) in [5, 5.41) is 0. The molecular formula is C26H31N3O7S. The molecule has 3 aromatic rings. The number of hydrogen-bond acceptors (Lipinski definition) is 8. The molecule has 2 atom stereocenters. The molecule has 1 amide bonds. The third-order valence-corrected chi connectivity index (χ3v) is 8.66. The molecule has 0 spiro atoms. The lowest BCUT2D eigenvalue weighted by Crippen LogP contribution is -2.51. The maximum Gasteiger partial charge on any atom is 0.264 e. The predicted octanol–water partition coefficient (Wildman–Crippen LogP) is 3.25. The van der Waals surface area contributed by atoms with E-state index in [0.717, 1.165) is 36.0 Å². The van der Waals surface area contributed by atoms with E-state index in [1.165, 1.54) is 17.6 Å². The Morgan fingerprint density at radius 2 is 1.92 bits per heavy atom. The monoisotopic (exact) mass is 529 g/mol. The summed E-state index contributed by atoms with van der Waals surface area (Å²) in [5.41, 5.74) is 4.31. The molecule has 198 valence electrons. The molecule has 1 aromatic carbocycles. The van der Waals surface area contributed by atoms with Crippen molar-refractivity contribution in [3.63, 3.8) is 0 Å². The van der Waals surface area contributed by atoms with E-state index in [4.69, 9.17) is 14.0 Å². The van der Waals surface area contributed by atoms with Crippen LogP contribution in [0.3, 0.4) is 0 Å². The smallest absolute Gasteiger partial charge is 0.264 e. The molecule has 37 heavy (non-hydrogen) atoms. The molecule has 4 rings (SSSR count). The number of sulfone groups is 1. The SMILES string of the molecule is Cc1cnc(-c2ccc(-c3ccn(CC[C@](C)(C(=O)NOC4CCCCO4)S(C)(=O)=O)c(=O)c3)cc2)o1. The van der Waals surface area contributed by atoms with Gasteiger partial charge in [0.15, 0.2) is 20.9 Å². The van der Waals surface area contributed by atoms with Gasteiger partial charge in [0.05, 0.1) is 6.20 Å². The fourth-order valence-electron chi connectivity index (χ4n) is 4.00. The second-order valence-corrected chi connectivity index (χ2v) is 11.8. The van der Waals surface area contributed by atoms with Gasteiger partial charge in [-0.25, -0.2) is 23.7 Å². The number of carbonyl (C=O) groups excluding carboxylic acids is 1. The molecular weight excluding hydrogens is 498 g/mol. The fourth-order valence-corrected chi connectivity index (χ4v) is 4.84. The van der Waals surface area contributed by atoms with E-state index < -0.39 is 26.8 Å². The van der Waals surface area contributed by atoms with Crippen molar-refractivity contribution in [3.05, 3.63) is 64.9 Å². The second-order valence-electron chi connectivity index (χ2n) is 9.40. The molecule has 1 unspecified atom stereocenters. The number of rotatable bonds is 9. The van der Waals surface area contributed by atoms with E-state index in [9.17, 15) is 18.0 Å². The van der Waals surface area contributed by atoms with Crippen LogP contribution in [0.1, 0.15) is 38.4 Å². The second kappa shape index (κ2) is 11.0. The lowest BCUT2D eigenvalue weighted by atomic mass is 10.0. The van der Waals surface area contributed by atoms with Crippen LogP contribution in [0.5, 0.6) is 0 Å². The van der Waals surface area contributed by atoms with Crippen molar-refractivity contribution in [2.24, 2.45) is 0 Å². The maximum atomic E-state index is 12.9. The van der Waals surface area contributed by atoms with E-state index in [2.05, 4.69) is 10.5 Å². The summed E-state index contributed by atoms with van der Waals surface area (Å²) >= 11 is 0. The number of aromatic nitrogens is 2. The zero-order chi connectivity index (χ0) is 26.6. The number of hydrogen-bond donors (Lipinski definition) is 1. The van der Waals surface area contributed by atoms with E-state index in [-0.39, 0.29) is 18.5 Å². The topological polar surface area (TPSA) is 130 Å². The molecule has 0 bridgehead atoms. The maximum absolute atomic E-state index is 12.9. The molecule has 2 aromatic heterocycles. The zero-order valence-electron chi connectivity index (χ0n) is 21.1. The number of pyridine rings is 1. The molecule has 1 aliphatic heterocycles. The molecule has 1 aliphatic rings. The van der Waals surface area contributed by atoms with Crippen molar-refractivity contribution in [2.45, 2.75) is 57.1 Å². The molecule has 3 heterocycles. The van der Waals surface area contributed by atoms with Crippen LogP contribution in [0, 0.1) is 6.92 Å². The third-order valence-electron chi connectivity index (χ3n) is 6.63. The van der Waals surface area contributed by atoms with E-state index in [1.54, 1.807) is 18.5 Å². The minimum absolute atomic E-state index is 0.0263. The highest BCUT2D eigenvalue weighted by Crippen LogP contribution is 2.25. The molecule has 0 saturated carbocycles. The van der Waals surface area contributed by atoms with Gasteiger partial charge in [0.25, 0.3) is 11.5 Å². The summed E-state index contributed by atoms with van der Waals surface area (Å²) in [4.78, 5) is 35.2. The highest BCUT2D eigenvalue weighted by atomic mass is 32.2. The Morgan fingerprint density at radius 3 is 2.51 bits per heavy atom. The molecule has 1 saturated heterocycles. The van der Waals surface area contributed by atoms with Crippen LogP contribution in [-0.4, -0.2) is 47.8 Å². The summed E-state index contributed by atoms with van der Waals surface area (Å²) in [6.45, 7) is 3.70. The van der Waals surface area contributed by atoms with Gasteiger partial charge < -0.3 is 13.7 Å². The van der Waals surface area contributed by atoms with Gasteiger partial charge in [-0.05, 0) is 62.4 Å². The predicted molar refractivity (Wildman–Crippen MR) is 137 cm³/mol. The summed E-state index contributed by atoms with van der Waals surface area (Å²) in [6, 6.07) is 10.7. The normalized spacial score (nSPS) is 17.8. The third kappa shape index (κ3) is 6.17. The van der Waals surface area contributed by atoms with Crippen LogP contribution < -0.4 is 11.0 Å². The number of ether oxygens (including phenoxy) is 1. The number of carbonyl (C=O) groups is 1. The summed E-state index contributed by atoms with van der Waals surface area (Å²) < 4.78 is 35.7. The van der Waals surface area contributed by atoms with Crippen molar-refractivity contribution < 1.29 is 27.2 Å². The number of nitrogens with zero attached hydrogens (tertiary/aromatic N) is 2. The highest BCUT2D eigenvalue weighted by Gasteiger charge is 2.44. The largest absolute Gasteiger partial charge is 0.441 e. The Kier molecular flexibility index (Phi) is 7.96. The Labute approximate surface area is 215 Å².